The highest BCUT2D eigenvalue weighted by atomic mass is 19.1. The van der Waals surface area contributed by atoms with E-state index in [0.29, 0.717) is 31.9 Å². The van der Waals surface area contributed by atoms with Crippen LogP contribution in [0.5, 0.6) is 0 Å². The Labute approximate surface area is 121 Å². The van der Waals surface area contributed by atoms with Crippen molar-refractivity contribution in [3.8, 4) is 0 Å². The van der Waals surface area contributed by atoms with Crippen molar-refractivity contribution in [1.29, 1.82) is 0 Å². The van der Waals surface area contributed by atoms with E-state index >= 15 is 0 Å². The molecular formula is C13H16FN3O4. The van der Waals surface area contributed by atoms with Crippen LogP contribution >= 0.6 is 0 Å². The molecule has 2 rings (SSSR count). The summed E-state index contributed by atoms with van der Waals surface area (Å²) < 4.78 is 17.7. The molecule has 21 heavy (non-hydrogen) atoms. The quantitative estimate of drug-likeness (QED) is 0.469. The molecule has 1 heterocycles. The number of hydrogen-bond donors (Lipinski definition) is 0. The van der Waals surface area contributed by atoms with Crippen molar-refractivity contribution < 1.29 is 18.8 Å². The van der Waals surface area contributed by atoms with Crippen LogP contribution < -0.4 is 4.90 Å². The summed E-state index contributed by atoms with van der Waals surface area (Å²) in [6.07, 6.45) is 0. The summed E-state index contributed by atoms with van der Waals surface area (Å²) in [5, 5.41) is 11.0. The number of hydrogen-bond acceptors (Lipinski definition) is 6. The minimum atomic E-state index is -0.630. The maximum absolute atomic E-state index is 13.1. The van der Waals surface area contributed by atoms with E-state index in [4.69, 9.17) is 0 Å². The zero-order valence-electron chi connectivity index (χ0n) is 11.6. The fraction of sp³-hybridized carbons (Fsp3) is 0.462. The highest BCUT2D eigenvalue weighted by Gasteiger charge is 2.25. The molecule has 0 radical (unpaired) electrons. The average molecular weight is 297 g/mol. The summed E-state index contributed by atoms with van der Waals surface area (Å²) >= 11 is 0. The molecule has 0 aromatic heterocycles. The maximum Gasteiger partial charge on any atom is 0.319 e. The molecule has 0 bridgehead atoms. The summed E-state index contributed by atoms with van der Waals surface area (Å²) in [4.78, 5) is 25.4. The van der Waals surface area contributed by atoms with Gasteiger partial charge in [0.2, 0.25) is 0 Å². The molecule has 7 nitrogen and oxygen atoms in total. The molecule has 0 unspecified atom stereocenters. The maximum atomic E-state index is 13.1. The lowest BCUT2D eigenvalue weighted by Gasteiger charge is -2.35. The topological polar surface area (TPSA) is 75.9 Å². The van der Waals surface area contributed by atoms with Crippen LogP contribution in [0.1, 0.15) is 0 Å². The van der Waals surface area contributed by atoms with Crippen LogP contribution in [0.4, 0.5) is 15.8 Å². The third kappa shape index (κ3) is 3.66. The lowest BCUT2D eigenvalue weighted by molar-refractivity contribution is -0.384. The van der Waals surface area contributed by atoms with Crippen molar-refractivity contribution in [3.05, 3.63) is 34.1 Å². The van der Waals surface area contributed by atoms with Crippen LogP contribution in [0.25, 0.3) is 0 Å². The van der Waals surface area contributed by atoms with Crippen molar-refractivity contribution >= 4 is 17.3 Å². The van der Waals surface area contributed by atoms with Crippen LogP contribution in [-0.4, -0.2) is 55.6 Å². The number of esters is 1. The van der Waals surface area contributed by atoms with E-state index in [2.05, 4.69) is 4.74 Å². The van der Waals surface area contributed by atoms with Crippen LogP contribution in [0.15, 0.2) is 18.2 Å². The first-order valence-electron chi connectivity index (χ1n) is 6.49. The molecule has 0 N–H and O–H groups in total. The molecule has 1 saturated heterocycles. The SMILES string of the molecule is COC(=O)CN1CCN(c2ccc(F)cc2[N+](=O)[O-])CC1. The van der Waals surface area contributed by atoms with E-state index in [1.54, 1.807) is 0 Å². The van der Waals surface area contributed by atoms with Crippen LogP contribution in [-0.2, 0) is 9.53 Å². The molecule has 0 amide bonds. The van der Waals surface area contributed by atoms with Crippen molar-refractivity contribution in [3.63, 3.8) is 0 Å². The minimum absolute atomic E-state index is 0.204. The first-order chi connectivity index (χ1) is 10.0. The highest BCUT2D eigenvalue weighted by molar-refractivity contribution is 5.71. The molecule has 1 fully saturated rings. The summed E-state index contributed by atoms with van der Waals surface area (Å²) in [5.74, 6) is -0.939. The number of nitro groups is 1. The third-order valence-electron chi connectivity index (χ3n) is 3.43. The van der Waals surface area contributed by atoms with E-state index in [9.17, 15) is 19.3 Å². The van der Waals surface area contributed by atoms with E-state index in [-0.39, 0.29) is 18.2 Å². The van der Waals surface area contributed by atoms with Gasteiger partial charge in [-0.25, -0.2) is 4.39 Å². The summed E-state index contributed by atoms with van der Waals surface area (Å²) in [6.45, 7) is 2.44. The highest BCUT2D eigenvalue weighted by Crippen LogP contribution is 2.29. The Balaban J connectivity index is 2.05. The molecule has 1 aliphatic heterocycles. The van der Waals surface area contributed by atoms with Crippen LogP contribution in [0.2, 0.25) is 0 Å². The number of ether oxygens (including phenoxy) is 1. The molecule has 1 aromatic carbocycles. The Morgan fingerprint density at radius 3 is 2.62 bits per heavy atom. The van der Waals surface area contributed by atoms with Crippen molar-refractivity contribution in [2.24, 2.45) is 0 Å². The van der Waals surface area contributed by atoms with Gasteiger partial charge < -0.3 is 9.64 Å². The van der Waals surface area contributed by atoms with Gasteiger partial charge in [-0.3, -0.25) is 19.8 Å². The summed E-state index contributed by atoms with van der Waals surface area (Å²) in [6, 6.07) is 3.56. The number of anilines is 1. The van der Waals surface area contributed by atoms with Crippen molar-refractivity contribution in [1.82, 2.24) is 4.90 Å². The molecule has 8 heteroatoms. The number of nitro benzene ring substituents is 1. The number of carbonyl (C=O) groups is 1. The monoisotopic (exact) mass is 297 g/mol. The Bertz CT molecular complexity index is 544. The van der Waals surface area contributed by atoms with Gasteiger partial charge in [0.15, 0.2) is 0 Å². The molecule has 0 aliphatic carbocycles. The second kappa shape index (κ2) is 6.49. The molecule has 114 valence electrons. The first-order valence-corrected chi connectivity index (χ1v) is 6.49. The van der Waals surface area contributed by atoms with Gasteiger partial charge in [-0.05, 0) is 12.1 Å². The average Bonchev–Trinajstić information content (AvgIpc) is 2.48. The fourth-order valence-corrected chi connectivity index (χ4v) is 2.30. The largest absolute Gasteiger partial charge is 0.468 e. The van der Waals surface area contributed by atoms with Gasteiger partial charge in [0.1, 0.15) is 11.5 Å². The van der Waals surface area contributed by atoms with E-state index in [0.717, 1.165) is 6.07 Å². The van der Waals surface area contributed by atoms with E-state index in [1.807, 2.05) is 9.80 Å². The zero-order valence-corrected chi connectivity index (χ0v) is 11.6. The fourth-order valence-electron chi connectivity index (χ4n) is 2.30. The normalized spacial score (nSPS) is 15.8. The lowest BCUT2D eigenvalue weighted by atomic mass is 10.2. The molecule has 1 aliphatic rings. The molecule has 0 saturated carbocycles. The number of benzene rings is 1. The van der Waals surface area contributed by atoms with Gasteiger partial charge in [-0.15, -0.1) is 0 Å². The van der Waals surface area contributed by atoms with Crippen LogP contribution in [0.3, 0.4) is 0 Å². The van der Waals surface area contributed by atoms with Crippen molar-refractivity contribution in [2.75, 3.05) is 44.7 Å². The first kappa shape index (κ1) is 15.2. The smallest absolute Gasteiger partial charge is 0.319 e. The second-order valence-corrected chi connectivity index (χ2v) is 4.73. The number of rotatable bonds is 4. The second-order valence-electron chi connectivity index (χ2n) is 4.73. The predicted octanol–water partition coefficient (Wildman–Crippen LogP) is 1.03. The molecular weight excluding hydrogens is 281 g/mol. The Morgan fingerprint density at radius 1 is 1.38 bits per heavy atom. The number of nitrogens with zero attached hydrogens (tertiary/aromatic N) is 3. The number of halogens is 1. The summed E-state index contributed by atoms with van der Waals surface area (Å²) in [7, 11) is 1.33. The molecule has 0 atom stereocenters. The molecule has 1 aromatic rings. The van der Waals surface area contributed by atoms with Gasteiger partial charge in [0.25, 0.3) is 5.69 Å². The molecule has 0 spiro atoms. The van der Waals surface area contributed by atoms with Crippen molar-refractivity contribution in [2.45, 2.75) is 0 Å². The number of methoxy groups -OCH3 is 1. The standard InChI is InChI=1S/C13H16FN3O4/c1-21-13(18)9-15-4-6-16(7-5-15)11-3-2-10(14)8-12(11)17(19)20/h2-3,8H,4-7,9H2,1H3. The Hall–Kier alpha value is -2.22. The van der Waals surface area contributed by atoms with Gasteiger partial charge in [-0.1, -0.05) is 0 Å². The van der Waals surface area contributed by atoms with Gasteiger partial charge in [-0.2, -0.15) is 0 Å². The Morgan fingerprint density at radius 2 is 2.05 bits per heavy atom. The third-order valence-corrected chi connectivity index (χ3v) is 3.43. The Kier molecular flexibility index (Phi) is 4.69. The number of piperazine rings is 1. The number of carbonyl (C=O) groups excluding carboxylic acids is 1. The van der Waals surface area contributed by atoms with Gasteiger partial charge >= 0.3 is 5.97 Å². The van der Waals surface area contributed by atoms with Crippen LogP contribution in [0, 0.1) is 15.9 Å². The predicted molar refractivity (Wildman–Crippen MR) is 73.7 cm³/mol. The zero-order chi connectivity index (χ0) is 15.4. The van der Waals surface area contributed by atoms with E-state index < -0.39 is 10.7 Å². The van der Waals surface area contributed by atoms with Gasteiger partial charge in [0.05, 0.1) is 24.6 Å². The minimum Gasteiger partial charge on any atom is -0.468 e. The lowest BCUT2D eigenvalue weighted by Crippen LogP contribution is -2.48. The summed E-state index contributed by atoms with van der Waals surface area (Å²) in [5.41, 5.74) is 0.163. The van der Waals surface area contributed by atoms with E-state index in [1.165, 1.54) is 19.2 Å². The van der Waals surface area contributed by atoms with Gasteiger partial charge in [0, 0.05) is 26.2 Å².